The highest BCUT2D eigenvalue weighted by molar-refractivity contribution is 5.81. The van der Waals surface area contributed by atoms with E-state index in [-0.39, 0.29) is 18.1 Å². The second kappa shape index (κ2) is 7.07. The summed E-state index contributed by atoms with van der Waals surface area (Å²) in [4.78, 5) is 14.7. The molecule has 3 atom stereocenters. The van der Waals surface area contributed by atoms with Crippen LogP contribution in [-0.2, 0) is 9.53 Å². The fraction of sp³-hybridized carbons (Fsp3) is 0.938. The molecule has 3 rings (SSSR count). The van der Waals surface area contributed by atoms with Crippen LogP contribution in [0.4, 0.5) is 0 Å². The van der Waals surface area contributed by atoms with Crippen molar-refractivity contribution in [2.75, 3.05) is 26.2 Å². The summed E-state index contributed by atoms with van der Waals surface area (Å²) in [7, 11) is 0. The van der Waals surface area contributed by atoms with Crippen LogP contribution in [0.5, 0.6) is 0 Å². The SMILES string of the molecule is NC[C@H]1CC[C@@H](C(=O)NC2CCN(CC3CCCC3)C2)O1. The molecular weight excluding hydrogens is 266 g/mol. The molecule has 1 unspecified atom stereocenters. The maximum absolute atomic E-state index is 12.2. The third-order valence-electron chi connectivity index (χ3n) is 5.27. The van der Waals surface area contributed by atoms with Crippen LogP contribution in [0.1, 0.15) is 44.9 Å². The van der Waals surface area contributed by atoms with Gasteiger partial charge < -0.3 is 20.7 Å². The lowest BCUT2D eigenvalue weighted by molar-refractivity contribution is -0.132. The van der Waals surface area contributed by atoms with Crippen LogP contribution in [0.15, 0.2) is 0 Å². The number of carbonyl (C=O) groups excluding carboxylic acids is 1. The van der Waals surface area contributed by atoms with Crippen molar-refractivity contribution >= 4 is 5.91 Å². The van der Waals surface area contributed by atoms with Gasteiger partial charge in [0.05, 0.1) is 6.10 Å². The number of hydrogen-bond acceptors (Lipinski definition) is 4. The molecule has 5 heteroatoms. The molecule has 0 aromatic heterocycles. The Morgan fingerprint density at radius 3 is 2.71 bits per heavy atom. The van der Waals surface area contributed by atoms with E-state index in [4.69, 9.17) is 10.5 Å². The smallest absolute Gasteiger partial charge is 0.249 e. The zero-order valence-electron chi connectivity index (χ0n) is 12.9. The lowest BCUT2D eigenvalue weighted by Gasteiger charge is -2.21. The second-order valence-electron chi connectivity index (χ2n) is 6.96. The van der Waals surface area contributed by atoms with Gasteiger partial charge in [0.2, 0.25) is 5.91 Å². The van der Waals surface area contributed by atoms with E-state index in [1.807, 2.05) is 0 Å². The van der Waals surface area contributed by atoms with E-state index >= 15 is 0 Å². The molecule has 0 aromatic rings. The standard InChI is InChI=1S/C16H29N3O2/c17-9-14-5-6-15(21-14)16(20)18-13-7-8-19(11-13)10-12-3-1-2-4-12/h12-15H,1-11,17H2,(H,18,20)/t13?,14-,15+/m1/s1. The zero-order valence-corrected chi connectivity index (χ0v) is 12.9. The summed E-state index contributed by atoms with van der Waals surface area (Å²) in [6, 6.07) is 0.305. The summed E-state index contributed by atoms with van der Waals surface area (Å²) < 4.78 is 5.67. The Bertz CT molecular complexity index is 357. The molecule has 1 aliphatic carbocycles. The lowest BCUT2D eigenvalue weighted by Crippen LogP contribution is -2.43. The van der Waals surface area contributed by atoms with Gasteiger partial charge in [0.25, 0.3) is 0 Å². The number of nitrogens with one attached hydrogen (secondary N) is 1. The molecular formula is C16H29N3O2. The summed E-state index contributed by atoms with van der Waals surface area (Å²) in [6.45, 7) is 3.87. The van der Waals surface area contributed by atoms with E-state index in [9.17, 15) is 4.79 Å². The van der Waals surface area contributed by atoms with Gasteiger partial charge in [0.15, 0.2) is 0 Å². The predicted molar refractivity (Wildman–Crippen MR) is 81.9 cm³/mol. The molecule has 3 aliphatic rings. The molecule has 0 radical (unpaired) electrons. The number of nitrogens with two attached hydrogens (primary N) is 1. The van der Waals surface area contributed by atoms with Crippen molar-refractivity contribution in [3.05, 3.63) is 0 Å². The first kappa shape index (κ1) is 15.3. The Labute approximate surface area is 127 Å². The Hall–Kier alpha value is -0.650. The Balaban J connectivity index is 1.39. The van der Waals surface area contributed by atoms with Crippen LogP contribution >= 0.6 is 0 Å². The number of likely N-dealkylation sites (tertiary alicyclic amines) is 1. The first-order valence-corrected chi connectivity index (χ1v) is 8.63. The maximum atomic E-state index is 12.2. The molecule has 2 aliphatic heterocycles. The van der Waals surface area contributed by atoms with Crippen LogP contribution in [0, 0.1) is 5.92 Å². The molecule has 1 saturated carbocycles. The molecule has 2 heterocycles. The quantitative estimate of drug-likeness (QED) is 0.790. The van der Waals surface area contributed by atoms with Gasteiger partial charge in [0, 0.05) is 32.2 Å². The second-order valence-corrected chi connectivity index (χ2v) is 6.96. The van der Waals surface area contributed by atoms with Crippen LogP contribution in [0.2, 0.25) is 0 Å². The van der Waals surface area contributed by atoms with E-state index in [0.717, 1.165) is 38.3 Å². The van der Waals surface area contributed by atoms with Gasteiger partial charge in [-0.3, -0.25) is 4.79 Å². The van der Waals surface area contributed by atoms with Crippen LogP contribution in [0.25, 0.3) is 0 Å². The van der Waals surface area contributed by atoms with Crippen LogP contribution < -0.4 is 11.1 Å². The van der Waals surface area contributed by atoms with Crippen LogP contribution in [0.3, 0.4) is 0 Å². The Morgan fingerprint density at radius 1 is 1.19 bits per heavy atom. The van der Waals surface area contributed by atoms with Gasteiger partial charge >= 0.3 is 0 Å². The van der Waals surface area contributed by atoms with Crippen LogP contribution in [-0.4, -0.2) is 55.2 Å². The van der Waals surface area contributed by atoms with E-state index in [1.165, 1.54) is 32.2 Å². The minimum Gasteiger partial charge on any atom is -0.364 e. The van der Waals surface area contributed by atoms with E-state index in [2.05, 4.69) is 10.2 Å². The normalized spacial score (nSPS) is 34.6. The third-order valence-corrected chi connectivity index (χ3v) is 5.27. The van der Waals surface area contributed by atoms with Crippen molar-refractivity contribution in [3.63, 3.8) is 0 Å². The molecule has 120 valence electrons. The zero-order chi connectivity index (χ0) is 14.7. The molecule has 2 saturated heterocycles. The summed E-state index contributed by atoms with van der Waals surface area (Å²) >= 11 is 0. The van der Waals surface area contributed by atoms with Gasteiger partial charge in [-0.25, -0.2) is 0 Å². The highest BCUT2D eigenvalue weighted by Crippen LogP contribution is 2.27. The first-order chi connectivity index (χ1) is 10.2. The summed E-state index contributed by atoms with van der Waals surface area (Å²) in [6.07, 6.45) is 8.18. The number of rotatable bonds is 5. The molecule has 21 heavy (non-hydrogen) atoms. The number of ether oxygens (including phenoxy) is 1. The molecule has 5 nitrogen and oxygen atoms in total. The van der Waals surface area contributed by atoms with Crippen molar-refractivity contribution in [2.24, 2.45) is 11.7 Å². The van der Waals surface area contributed by atoms with E-state index in [1.54, 1.807) is 0 Å². The maximum Gasteiger partial charge on any atom is 0.249 e. The topological polar surface area (TPSA) is 67.6 Å². The predicted octanol–water partition coefficient (Wildman–Crippen LogP) is 0.873. The van der Waals surface area contributed by atoms with Gasteiger partial charge in [-0.15, -0.1) is 0 Å². The third kappa shape index (κ3) is 3.96. The summed E-state index contributed by atoms with van der Waals surface area (Å²) in [5.41, 5.74) is 5.59. The van der Waals surface area contributed by atoms with Gasteiger partial charge in [0.1, 0.15) is 6.10 Å². The minimum atomic E-state index is -0.276. The highest BCUT2D eigenvalue weighted by Gasteiger charge is 2.33. The fourth-order valence-corrected chi connectivity index (χ4v) is 4.04. The number of amides is 1. The molecule has 0 bridgehead atoms. The number of nitrogens with zero attached hydrogens (tertiary/aromatic N) is 1. The van der Waals surface area contributed by atoms with Crippen molar-refractivity contribution in [3.8, 4) is 0 Å². The van der Waals surface area contributed by atoms with Crippen molar-refractivity contribution in [1.29, 1.82) is 0 Å². The van der Waals surface area contributed by atoms with Gasteiger partial charge in [-0.1, -0.05) is 12.8 Å². The molecule has 3 N–H and O–H groups in total. The van der Waals surface area contributed by atoms with Crippen molar-refractivity contribution < 1.29 is 9.53 Å². The number of carbonyl (C=O) groups is 1. The number of hydrogen-bond donors (Lipinski definition) is 2. The fourth-order valence-electron chi connectivity index (χ4n) is 4.04. The Morgan fingerprint density at radius 2 is 2.00 bits per heavy atom. The average Bonchev–Trinajstić information content (AvgIpc) is 3.20. The van der Waals surface area contributed by atoms with E-state index in [0.29, 0.717) is 12.6 Å². The minimum absolute atomic E-state index is 0.0682. The largest absolute Gasteiger partial charge is 0.364 e. The first-order valence-electron chi connectivity index (χ1n) is 8.63. The lowest BCUT2D eigenvalue weighted by atomic mass is 10.1. The summed E-state index contributed by atoms with van der Waals surface area (Å²) in [5.74, 6) is 0.960. The molecule has 3 fully saturated rings. The monoisotopic (exact) mass is 295 g/mol. The molecule has 0 aromatic carbocycles. The van der Waals surface area contributed by atoms with E-state index < -0.39 is 0 Å². The Kier molecular flexibility index (Phi) is 5.14. The average molecular weight is 295 g/mol. The van der Waals surface area contributed by atoms with Crippen molar-refractivity contribution in [2.45, 2.75) is 63.2 Å². The van der Waals surface area contributed by atoms with Gasteiger partial charge in [-0.2, -0.15) is 0 Å². The molecule has 0 spiro atoms. The highest BCUT2D eigenvalue weighted by atomic mass is 16.5. The summed E-state index contributed by atoms with van der Waals surface area (Å²) in [5, 5.41) is 3.17. The van der Waals surface area contributed by atoms with Gasteiger partial charge in [-0.05, 0) is 38.0 Å². The molecule has 1 amide bonds. The van der Waals surface area contributed by atoms with Crippen molar-refractivity contribution in [1.82, 2.24) is 10.2 Å².